The Balaban J connectivity index is 1.46. The Morgan fingerprint density at radius 1 is 0.939 bits per heavy atom. The highest BCUT2D eigenvalue weighted by atomic mass is 16.5. The molecule has 4 rings (SSSR count). The quantitative estimate of drug-likeness (QED) is 0.380. The molecule has 6 heteroatoms. The first-order chi connectivity index (χ1) is 15.9. The van der Waals surface area contributed by atoms with Gasteiger partial charge in [0.15, 0.2) is 6.61 Å². The Hall–Kier alpha value is -3.67. The summed E-state index contributed by atoms with van der Waals surface area (Å²) in [7, 11) is 0. The van der Waals surface area contributed by atoms with E-state index in [2.05, 4.69) is 34.6 Å². The molecular formula is C27H30N4O2. The third-order valence-electron chi connectivity index (χ3n) is 5.68. The van der Waals surface area contributed by atoms with Gasteiger partial charge in [0.2, 0.25) is 0 Å². The first kappa shape index (κ1) is 22.5. The van der Waals surface area contributed by atoms with Gasteiger partial charge in [-0.05, 0) is 80.6 Å². The van der Waals surface area contributed by atoms with Gasteiger partial charge in [-0.15, -0.1) is 10.2 Å². The van der Waals surface area contributed by atoms with Gasteiger partial charge in [0.05, 0.1) is 5.69 Å². The van der Waals surface area contributed by atoms with Crippen LogP contribution in [0.15, 0.2) is 54.6 Å². The van der Waals surface area contributed by atoms with Gasteiger partial charge in [-0.3, -0.25) is 4.79 Å². The van der Waals surface area contributed by atoms with Crippen molar-refractivity contribution in [1.29, 1.82) is 0 Å². The second-order valence-electron chi connectivity index (χ2n) is 8.52. The van der Waals surface area contributed by atoms with E-state index in [1.165, 1.54) is 18.4 Å². The van der Waals surface area contributed by atoms with Crippen LogP contribution >= 0.6 is 0 Å². The van der Waals surface area contributed by atoms with Gasteiger partial charge in [-0.25, -0.2) is 0 Å². The van der Waals surface area contributed by atoms with Crippen LogP contribution in [-0.4, -0.2) is 27.5 Å². The highest BCUT2D eigenvalue weighted by molar-refractivity contribution is 5.95. The monoisotopic (exact) mass is 442 g/mol. The predicted octanol–water partition coefficient (Wildman–Crippen LogP) is 5.71. The number of nitrogens with zero attached hydrogens (tertiary/aromatic N) is 3. The Morgan fingerprint density at radius 2 is 1.67 bits per heavy atom. The molecule has 0 saturated carbocycles. The van der Waals surface area contributed by atoms with Crippen LogP contribution in [-0.2, 0) is 11.2 Å². The number of aryl methyl sites for hydroxylation is 4. The van der Waals surface area contributed by atoms with E-state index in [9.17, 15) is 4.79 Å². The second-order valence-corrected chi connectivity index (χ2v) is 8.52. The molecule has 1 aromatic heterocycles. The average molecular weight is 443 g/mol. The first-order valence-electron chi connectivity index (χ1n) is 11.4. The molecule has 33 heavy (non-hydrogen) atoms. The average Bonchev–Trinajstić information content (AvgIpc) is 3.20. The van der Waals surface area contributed by atoms with Crippen LogP contribution in [0.4, 0.5) is 5.69 Å². The fourth-order valence-electron chi connectivity index (χ4n) is 3.79. The number of rotatable bonds is 8. The lowest BCUT2D eigenvalue weighted by molar-refractivity contribution is -0.118. The largest absolute Gasteiger partial charge is 0.483 e. The number of carbonyl (C=O) groups is 1. The number of nitrogens with one attached hydrogen (secondary N) is 1. The van der Waals surface area contributed by atoms with Gasteiger partial charge in [0, 0.05) is 5.69 Å². The maximum atomic E-state index is 12.5. The van der Waals surface area contributed by atoms with Gasteiger partial charge in [0.25, 0.3) is 5.91 Å². The minimum Gasteiger partial charge on any atom is -0.483 e. The van der Waals surface area contributed by atoms with E-state index in [0.717, 1.165) is 39.8 Å². The SMILES string of the molecule is CCCCc1ccc(-n2nc3cc(C)c(NC(=O)COc4ccc(C)cc4C)cc3n2)cc1. The Morgan fingerprint density at radius 3 is 2.36 bits per heavy atom. The molecule has 0 aliphatic heterocycles. The van der Waals surface area contributed by atoms with Crippen LogP contribution in [0.5, 0.6) is 5.75 Å². The minimum absolute atomic E-state index is 0.0571. The van der Waals surface area contributed by atoms with Crippen LogP contribution in [0.1, 0.15) is 42.0 Å². The fraction of sp³-hybridized carbons (Fsp3) is 0.296. The fourth-order valence-corrected chi connectivity index (χ4v) is 3.79. The van der Waals surface area contributed by atoms with Gasteiger partial charge in [-0.2, -0.15) is 4.80 Å². The number of carbonyl (C=O) groups excluding carboxylic acids is 1. The Labute approximate surface area is 194 Å². The molecule has 1 amide bonds. The number of hydrogen-bond acceptors (Lipinski definition) is 4. The van der Waals surface area contributed by atoms with Crippen molar-refractivity contribution in [3.63, 3.8) is 0 Å². The van der Waals surface area contributed by atoms with Crippen LogP contribution in [0.25, 0.3) is 16.7 Å². The number of benzene rings is 3. The maximum Gasteiger partial charge on any atom is 0.262 e. The summed E-state index contributed by atoms with van der Waals surface area (Å²) < 4.78 is 5.71. The van der Waals surface area contributed by atoms with E-state index in [-0.39, 0.29) is 12.5 Å². The predicted molar refractivity (Wildman–Crippen MR) is 132 cm³/mol. The molecular weight excluding hydrogens is 412 g/mol. The molecule has 0 fully saturated rings. The summed E-state index contributed by atoms with van der Waals surface area (Å²) in [5, 5.41) is 12.2. The van der Waals surface area contributed by atoms with Gasteiger partial charge in [-0.1, -0.05) is 43.2 Å². The van der Waals surface area contributed by atoms with Gasteiger partial charge < -0.3 is 10.1 Å². The summed E-state index contributed by atoms with van der Waals surface area (Å²) in [4.78, 5) is 14.2. The highest BCUT2D eigenvalue weighted by Gasteiger charge is 2.12. The van der Waals surface area contributed by atoms with Crippen LogP contribution in [0.2, 0.25) is 0 Å². The summed E-state index contributed by atoms with van der Waals surface area (Å²) in [6, 6.07) is 18.1. The number of hydrogen-bond donors (Lipinski definition) is 1. The zero-order chi connectivity index (χ0) is 23.4. The Bertz CT molecular complexity index is 1280. The first-order valence-corrected chi connectivity index (χ1v) is 11.4. The zero-order valence-electron chi connectivity index (χ0n) is 19.7. The molecule has 1 heterocycles. The number of anilines is 1. The van der Waals surface area contributed by atoms with Crippen LogP contribution in [0, 0.1) is 20.8 Å². The normalized spacial score (nSPS) is 11.0. The molecule has 1 N–H and O–H groups in total. The van der Waals surface area contributed by atoms with Crippen molar-refractivity contribution in [3.8, 4) is 11.4 Å². The van der Waals surface area contributed by atoms with E-state index in [1.54, 1.807) is 4.80 Å². The standard InChI is InChI=1S/C27H30N4O2/c1-5-6-7-21-9-11-22(12-10-21)31-29-24-15-19(3)23(16-25(24)30-31)28-27(32)17-33-26-13-8-18(2)14-20(26)4/h8-16H,5-7,17H2,1-4H3,(H,28,32). The number of ether oxygens (including phenoxy) is 1. The summed E-state index contributed by atoms with van der Waals surface area (Å²) in [5.41, 5.74) is 7.54. The van der Waals surface area contributed by atoms with Crippen molar-refractivity contribution >= 4 is 22.6 Å². The molecule has 0 unspecified atom stereocenters. The van der Waals surface area contributed by atoms with Crippen LogP contribution < -0.4 is 10.1 Å². The van der Waals surface area contributed by atoms with Gasteiger partial charge >= 0.3 is 0 Å². The van der Waals surface area contributed by atoms with E-state index < -0.39 is 0 Å². The van der Waals surface area contributed by atoms with Crippen molar-refractivity contribution < 1.29 is 9.53 Å². The van der Waals surface area contributed by atoms with E-state index >= 15 is 0 Å². The molecule has 3 aromatic carbocycles. The lowest BCUT2D eigenvalue weighted by Crippen LogP contribution is -2.20. The van der Waals surface area contributed by atoms with Crippen molar-refractivity contribution in [3.05, 3.63) is 76.9 Å². The molecule has 170 valence electrons. The maximum absolute atomic E-state index is 12.5. The summed E-state index contributed by atoms with van der Waals surface area (Å²) in [5.74, 6) is 0.499. The third kappa shape index (κ3) is 5.40. The lowest BCUT2D eigenvalue weighted by Gasteiger charge is -2.11. The van der Waals surface area contributed by atoms with E-state index in [0.29, 0.717) is 11.4 Å². The van der Waals surface area contributed by atoms with Crippen LogP contribution in [0.3, 0.4) is 0 Å². The van der Waals surface area contributed by atoms with Gasteiger partial charge in [0.1, 0.15) is 16.8 Å². The molecule has 6 nitrogen and oxygen atoms in total. The number of unbranched alkanes of at least 4 members (excludes halogenated alkanes) is 1. The molecule has 4 aromatic rings. The number of fused-ring (bicyclic) bond motifs is 1. The van der Waals surface area contributed by atoms with Crippen molar-refractivity contribution in [2.45, 2.75) is 47.0 Å². The molecule has 0 saturated heterocycles. The third-order valence-corrected chi connectivity index (χ3v) is 5.68. The molecule has 0 radical (unpaired) electrons. The molecule has 0 aliphatic rings. The van der Waals surface area contributed by atoms with E-state index in [4.69, 9.17) is 4.74 Å². The molecule has 0 bridgehead atoms. The molecule has 0 atom stereocenters. The highest BCUT2D eigenvalue weighted by Crippen LogP contribution is 2.23. The van der Waals surface area contributed by atoms with E-state index in [1.807, 2.05) is 63.2 Å². The van der Waals surface area contributed by atoms with Crippen molar-refractivity contribution in [2.24, 2.45) is 0 Å². The smallest absolute Gasteiger partial charge is 0.262 e. The summed E-state index contributed by atoms with van der Waals surface area (Å²) in [6.07, 6.45) is 3.46. The minimum atomic E-state index is -0.215. The summed E-state index contributed by atoms with van der Waals surface area (Å²) in [6.45, 7) is 8.09. The lowest BCUT2D eigenvalue weighted by atomic mass is 10.1. The topological polar surface area (TPSA) is 69.0 Å². The van der Waals surface area contributed by atoms with Crippen molar-refractivity contribution in [2.75, 3.05) is 11.9 Å². The number of aromatic nitrogens is 3. The van der Waals surface area contributed by atoms with Crippen molar-refractivity contribution in [1.82, 2.24) is 15.0 Å². The molecule has 0 aliphatic carbocycles. The second kappa shape index (κ2) is 9.86. The number of amides is 1. The Kier molecular flexibility index (Phi) is 6.73. The zero-order valence-corrected chi connectivity index (χ0v) is 19.7. The molecule has 0 spiro atoms. The summed E-state index contributed by atoms with van der Waals surface area (Å²) >= 11 is 0.